The molecule has 1 aliphatic heterocycles. The first-order valence-corrected chi connectivity index (χ1v) is 6.07. The van der Waals surface area contributed by atoms with E-state index in [1.807, 2.05) is 0 Å². The van der Waals surface area contributed by atoms with Gasteiger partial charge in [-0.1, -0.05) is 37.3 Å². The summed E-state index contributed by atoms with van der Waals surface area (Å²) in [4.78, 5) is 10.6. The number of hydrogen-bond donors (Lipinski definition) is 0. The molecular formula is C12H15BNO4. The number of nitrogens with zero attached hydrogens (tertiary/aromatic N) is 1. The molecule has 0 aliphatic carbocycles. The van der Waals surface area contributed by atoms with Gasteiger partial charge in [0.15, 0.2) is 13.6 Å². The summed E-state index contributed by atoms with van der Waals surface area (Å²) in [6, 6.07) is 5.05. The lowest BCUT2D eigenvalue weighted by atomic mass is 9.66. The van der Waals surface area contributed by atoms with Crippen molar-refractivity contribution < 1.29 is 14.4 Å². The predicted molar refractivity (Wildman–Crippen MR) is 68.2 cm³/mol. The van der Waals surface area contributed by atoms with E-state index < -0.39 is 11.2 Å². The molecule has 5 nitrogen and oxygen atoms in total. The number of nitro groups is 1. The van der Waals surface area contributed by atoms with Crippen LogP contribution in [0.1, 0.15) is 25.2 Å². The van der Waals surface area contributed by atoms with Crippen molar-refractivity contribution in [2.75, 3.05) is 13.2 Å². The van der Waals surface area contributed by atoms with Crippen LogP contribution in [0.15, 0.2) is 18.2 Å². The summed E-state index contributed by atoms with van der Waals surface area (Å²) in [6.07, 6.45) is 1.38. The van der Waals surface area contributed by atoms with Gasteiger partial charge in [0, 0.05) is 6.07 Å². The average Bonchev–Trinajstić information content (AvgIpc) is 2.89. The topological polar surface area (TPSA) is 61.6 Å². The Bertz CT molecular complexity index is 432. The van der Waals surface area contributed by atoms with Gasteiger partial charge in [-0.15, -0.1) is 0 Å². The molecule has 1 fully saturated rings. The van der Waals surface area contributed by atoms with Crippen LogP contribution in [0.2, 0.25) is 6.32 Å². The second-order valence-electron chi connectivity index (χ2n) is 4.14. The van der Waals surface area contributed by atoms with Gasteiger partial charge in [0.1, 0.15) is 0 Å². The van der Waals surface area contributed by atoms with Crippen LogP contribution in [0.5, 0.6) is 0 Å². The second kappa shape index (κ2) is 5.97. The zero-order valence-electron chi connectivity index (χ0n) is 10.3. The van der Waals surface area contributed by atoms with Gasteiger partial charge in [-0.05, 0) is 0 Å². The molecule has 0 bridgehead atoms. The Labute approximate surface area is 106 Å². The molecule has 0 unspecified atom stereocenters. The summed E-state index contributed by atoms with van der Waals surface area (Å²) >= 11 is 0. The molecule has 0 aromatic heterocycles. The van der Waals surface area contributed by atoms with Gasteiger partial charge in [0.2, 0.25) is 0 Å². The summed E-state index contributed by atoms with van der Waals surface area (Å²) < 4.78 is 10.7. The zero-order chi connectivity index (χ0) is 13.0. The van der Waals surface area contributed by atoms with Crippen LogP contribution in [0.3, 0.4) is 0 Å². The Balaban J connectivity index is 2.28. The monoisotopic (exact) mass is 248 g/mol. The highest BCUT2D eigenvalue weighted by atomic mass is 16.7. The Morgan fingerprint density at radius 3 is 2.78 bits per heavy atom. The normalized spacial score (nSPS) is 15.8. The van der Waals surface area contributed by atoms with Crippen molar-refractivity contribution in [3.05, 3.63) is 33.9 Å². The van der Waals surface area contributed by atoms with Crippen molar-refractivity contribution in [3.63, 3.8) is 0 Å². The molecule has 1 heterocycles. The Hall–Kier alpha value is -1.40. The van der Waals surface area contributed by atoms with E-state index in [9.17, 15) is 10.1 Å². The summed E-state index contributed by atoms with van der Waals surface area (Å²) in [5, 5.41) is 11.0. The molecule has 0 saturated carbocycles. The lowest BCUT2D eigenvalue weighted by molar-refractivity contribution is -0.386. The van der Waals surface area contributed by atoms with Gasteiger partial charge < -0.3 is 9.47 Å². The minimum atomic E-state index is -0.611. The zero-order valence-corrected chi connectivity index (χ0v) is 10.3. The van der Waals surface area contributed by atoms with Gasteiger partial charge in [-0.25, -0.2) is 0 Å². The Morgan fingerprint density at radius 2 is 2.17 bits per heavy atom. The van der Waals surface area contributed by atoms with Gasteiger partial charge in [-0.2, -0.15) is 0 Å². The molecule has 0 spiro atoms. The van der Waals surface area contributed by atoms with Crippen molar-refractivity contribution >= 4 is 18.4 Å². The Morgan fingerprint density at radius 1 is 1.44 bits per heavy atom. The van der Waals surface area contributed by atoms with E-state index in [-0.39, 0.29) is 5.69 Å². The molecule has 2 rings (SSSR count). The highest BCUT2D eigenvalue weighted by Gasteiger charge is 2.26. The van der Waals surface area contributed by atoms with E-state index in [1.54, 1.807) is 12.1 Å². The third-order valence-corrected chi connectivity index (χ3v) is 2.79. The lowest BCUT2D eigenvalue weighted by Crippen LogP contribution is -2.16. The second-order valence-corrected chi connectivity index (χ2v) is 4.14. The van der Waals surface area contributed by atoms with Gasteiger partial charge in [0.25, 0.3) is 5.69 Å². The highest BCUT2D eigenvalue weighted by Crippen LogP contribution is 2.30. The number of benzene rings is 1. The van der Waals surface area contributed by atoms with Crippen LogP contribution in [-0.4, -0.2) is 25.4 Å². The van der Waals surface area contributed by atoms with E-state index in [1.165, 1.54) is 6.07 Å². The maximum Gasteiger partial charge on any atom is 0.277 e. The molecule has 1 aromatic carbocycles. The lowest BCUT2D eigenvalue weighted by Gasteiger charge is -2.11. The third-order valence-electron chi connectivity index (χ3n) is 2.79. The van der Waals surface area contributed by atoms with Gasteiger partial charge >= 0.3 is 0 Å². The van der Waals surface area contributed by atoms with Crippen LogP contribution < -0.4 is 5.46 Å². The van der Waals surface area contributed by atoms with Gasteiger partial charge in [0.05, 0.1) is 23.7 Å². The number of nitro benzene ring substituents is 1. The van der Waals surface area contributed by atoms with Crippen LogP contribution in [0.4, 0.5) is 5.69 Å². The molecule has 95 valence electrons. The maximum atomic E-state index is 11.0. The molecule has 1 saturated heterocycles. The highest BCUT2D eigenvalue weighted by molar-refractivity contribution is 6.53. The first-order chi connectivity index (χ1) is 8.72. The molecule has 0 atom stereocenters. The van der Waals surface area contributed by atoms with E-state index in [0.717, 1.165) is 18.2 Å². The van der Waals surface area contributed by atoms with Crippen molar-refractivity contribution in [1.82, 2.24) is 0 Å². The van der Waals surface area contributed by atoms with Crippen molar-refractivity contribution in [2.45, 2.75) is 26.0 Å². The fraction of sp³-hybridized carbons (Fsp3) is 0.500. The molecule has 1 aromatic rings. The van der Waals surface area contributed by atoms with Crippen molar-refractivity contribution in [1.29, 1.82) is 0 Å². The average molecular weight is 248 g/mol. The largest absolute Gasteiger partial charge is 0.346 e. The number of ether oxygens (including phenoxy) is 2. The van der Waals surface area contributed by atoms with Crippen LogP contribution in [-0.2, 0) is 9.47 Å². The van der Waals surface area contributed by atoms with E-state index >= 15 is 0 Å². The van der Waals surface area contributed by atoms with Gasteiger partial charge in [-0.3, -0.25) is 10.1 Å². The SMILES string of the molecule is CCC[B]c1ccc([N+](=O)[O-])c(C2OCCO2)c1. The third kappa shape index (κ3) is 2.89. The first kappa shape index (κ1) is 13.0. The molecule has 18 heavy (non-hydrogen) atoms. The summed E-state index contributed by atoms with van der Waals surface area (Å²) in [7, 11) is 2.06. The van der Waals surface area contributed by atoms with Crippen molar-refractivity contribution in [2.24, 2.45) is 0 Å². The van der Waals surface area contributed by atoms with Crippen LogP contribution in [0.25, 0.3) is 0 Å². The van der Waals surface area contributed by atoms with Crippen LogP contribution >= 0.6 is 0 Å². The number of rotatable bonds is 5. The fourth-order valence-corrected chi connectivity index (χ4v) is 1.90. The Kier molecular flexibility index (Phi) is 4.33. The maximum absolute atomic E-state index is 11.0. The predicted octanol–water partition coefficient (Wildman–Crippen LogP) is 1.80. The van der Waals surface area contributed by atoms with E-state index in [0.29, 0.717) is 18.8 Å². The standard InChI is InChI=1S/C12H15BNO4/c1-2-5-13-9-3-4-11(14(15)16)10(8-9)12-17-6-7-18-12/h3-4,8,12H,2,5-7H2,1H3. The van der Waals surface area contributed by atoms with Crippen molar-refractivity contribution in [3.8, 4) is 0 Å². The summed E-state index contributed by atoms with van der Waals surface area (Å²) in [5.41, 5.74) is 1.52. The molecule has 0 amide bonds. The summed E-state index contributed by atoms with van der Waals surface area (Å²) in [5.74, 6) is 0. The summed E-state index contributed by atoms with van der Waals surface area (Å²) in [6.45, 7) is 3.04. The fourth-order valence-electron chi connectivity index (χ4n) is 1.90. The minimum absolute atomic E-state index is 0.0514. The quantitative estimate of drug-likeness (QED) is 0.452. The molecule has 0 N–H and O–H groups in total. The number of hydrogen-bond acceptors (Lipinski definition) is 4. The smallest absolute Gasteiger partial charge is 0.277 e. The molecule has 1 aliphatic rings. The van der Waals surface area contributed by atoms with E-state index in [2.05, 4.69) is 14.2 Å². The van der Waals surface area contributed by atoms with Crippen LogP contribution in [0, 0.1) is 10.1 Å². The molecule has 1 radical (unpaired) electrons. The molecular weight excluding hydrogens is 233 g/mol. The molecule has 6 heteroatoms. The minimum Gasteiger partial charge on any atom is -0.346 e. The van der Waals surface area contributed by atoms with E-state index in [4.69, 9.17) is 9.47 Å². The first-order valence-electron chi connectivity index (χ1n) is 6.07.